The Morgan fingerprint density at radius 3 is 2.74 bits per heavy atom. The number of nitrogens with zero attached hydrogens (tertiary/aromatic N) is 2. The van der Waals surface area contributed by atoms with Crippen LogP contribution in [-0.2, 0) is 13.0 Å². The van der Waals surface area contributed by atoms with Crippen molar-refractivity contribution in [3.8, 4) is 0 Å². The molecule has 0 spiro atoms. The molecule has 3 nitrogen and oxygen atoms in total. The summed E-state index contributed by atoms with van der Waals surface area (Å²) < 4.78 is 1.99. The lowest BCUT2D eigenvalue weighted by Crippen LogP contribution is -2.29. The topological polar surface area (TPSA) is 29.9 Å². The number of rotatable bonds is 7. The molecule has 1 heterocycles. The third-order valence-electron chi connectivity index (χ3n) is 3.30. The van der Waals surface area contributed by atoms with Crippen molar-refractivity contribution in [3.05, 3.63) is 53.9 Å². The monoisotopic (exact) mass is 257 g/mol. The van der Waals surface area contributed by atoms with E-state index in [1.165, 1.54) is 17.5 Å². The molecule has 0 aliphatic heterocycles. The quantitative estimate of drug-likeness (QED) is 0.826. The zero-order valence-electron chi connectivity index (χ0n) is 11.8. The smallest absolute Gasteiger partial charge is 0.0534 e. The van der Waals surface area contributed by atoms with Gasteiger partial charge in [-0.1, -0.05) is 30.3 Å². The summed E-state index contributed by atoms with van der Waals surface area (Å²) in [6.45, 7) is 6.22. The highest BCUT2D eigenvalue weighted by molar-refractivity contribution is 5.14. The molecule has 1 aromatic carbocycles. The lowest BCUT2D eigenvalue weighted by Gasteiger charge is -2.13. The molecule has 2 aromatic rings. The van der Waals surface area contributed by atoms with E-state index in [0.717, 1.165) is 19.5 Å². The number of hydrogen-bond acceptors (Lipinski definition) is 2. The van der Waals surface area contributed by atoms with Crippen molar-refractivity contribution in [2.24, 2.45) is 0 Å². The summed E-state index contributed by atoms with van der Waals surface area (Å²) in [4.78, 5) is 0. The molecule has 19 heavy (non-hydrogen) atoms. The average Bonchev–Trinajstić information content (AvgIpc) is 2.83. The maximum atomic E-state index is 4.28. The summed E-state index contributed by atoms with van der Waals surface area (Å²) in [6, 6.07) is 11.2. The first kappa shape index (κ1) is 13.8. The van der Waals surface area contributed by atoms with Crippen molar-refractivity contribution in [3.63, 3.8) is 0 Å². The number of benzene rings is 1. The van der Waals surface area contributed by atoms with Crippen LogP contribution in [0.3, 0.4) is 0 Å². The second-order valence-corrected chi connectivity index (χ2v) is 5.16. The molecule has 0 aliphatic rings. The Kier molecular flexibility index (Phi) is 5.16. The molecular formula is C16H23N3. The molecule has 1 atom stereocenters. The first-order valence-electron chi connectivity index (χ1n) is 7.00. The summed E-state index contributed by atoms with van der Waals surface area (Å²) in [7, 11) is 0. The highest BCUT2D eigenvalue weighted by atomic mass is 15.3. The van der Waals surface area contributed by atoms with Gasteiger partial charge in [-0.2, -0.15) is 5.10 Å². The van der Waals surface area contributed by atoms with Gasteiger partial charge in [0.25, 0.3) is 0 Å². The van der Waals surface area contributed by atoms with Gasteiger partial charge >= 0.3 is 0 Å². The van der Waals surface area contributed by atoms with Crippen molar-refractivity contribution in [2.75, 3.05) is 6.54 Å². The summed E-state index contributed by atoms with van der Waals surface area (Å²) in [5.74, 6) is 0. The lowest BCUT2D eigenvalue weighted by atomic mass is 10.1. The van der Waals surface area contributed by atoms with E-state index in [0.29, 0.717) is 6.04 Å². The zero-order valence-corrected chi connectivity index (χ0v) is 11.8. The van der Waals surface area contributed by atoms with Gasteiger partial charge in [-0.3, -0.25) is 4.68 Å². The minimum atomic E-state index is 0.539. The maximum Gasteiger partial charge on any atom is 0.0534 e. The highest BCUT2D eigenvalue weighted by Crippen LogP contribution is 2.04. The van der Waals surface area contributed by atoms with Crippen LogP contribution in [0.2, 0.25) is 0 Å². The second-order valence-electron chi connectivity index (χ2n) is 5.16. The van der Waals surface area contributed by atoms with Crippen LogP contribution in [0, 0.1) is 6.92 Å². The Balaban J connectivity index is 1.63. The minimum Gasteiger partial charge on any atom is -0.312 e. The molecule has 1 N–H and O–H groups in total. The third kappa shape index (κ3) is 4.87. The molecule has 2 rings (SSSR count). The molecule has 3 heteroatoms. The van der Waals surface area contributed by atoms with E-state index < -0.39 is 0 Å². The molecule has 0 saturated heterocycles. The van der Waals surface area contributed by atoms with E-state index in [-0.39, 0.29) is 0 Å². The Morgan fingerprint density at radius 2 is 2.05 bits per heavy atom. The highest BCUT2D eigenvalue weighted by Gasteiger charge is 2.02. The molecule has 0 fully saturated rings. The predicted molar refractivity (Wildman–Crippen MR) is 79.2 cm³/mol. The Morgan fingerprint density at radius 1 is 1.26 bits per heavy atom. The number of aryl methyl sites for hydroxylation is 2. The van der Waals surface area contributed by atoms with Gasteiger partial charge in [0.15, 0.2) is 0 Å². The van der Waals surface area contributed by atoms with Crippen LogP contribution in [0.5, 0.6) is 0 Å². The molecule has 0 aliphatic carbocycles. The van der Waals surface area contributed by atoms with E-state index in [4.69, 9.17) is 0 Å². The van der Waals surface area contributed by atoms with Crippen molar-refractivity contribution >= 4 is 0 Å². The van der Waals surface area contributed by atoms with Crippen LogP contribution >= 0.6 is 0 Å². The van der Waals surface area contributed by atoms with Crippen molar-refractivity contribution < 1.29 is 0 Å². The van der Waals surface area contributed by atoms with Crippen molar-refractivity contribution in [2.45, 2.75) is 39.3 Å². The number of nitrogens with one attached hydrogen (secondary N) is 1. The van der Waals surface area contributed by atoms with E-state index in [9.17, 15) is 0 Å². The Hall–Kier alpha value is -1.61. The summed E-state index contributed by atoms with van der Waals surface area (Å²) in [6.07, 6.45) is 6.28. The molecule has 0 amide bonds. The van der Waals surface area contributed by atoms with Crippen LogP contribution in [0.4, 0.5) is 0 Å². The standard InChI is InChI=1S/C16H23N3/c1-14-12-18-19(13-14)11-10-17-15(2)8-9-16-6-4-3-5-7-16/h3-7,12-13,15,17H,8-11H2,1-2H3/t15-/m0/s1. The van der Waals surface area contributed by atoms with Crippen molar-refractivity contribution in [1.29, 1.82) is 0 Å². The Labute approximate surface area is 115 Å². The van der Waals surface area contributed by atoms with E-state index in [1.807, 2.05) is 10.9 Å². The maximum absolute atomic E-state index is 4.28. The third-order valence-corrected chi connectivity index (χ3v) is 3.30. The van der Waals surface area contributed by atoms with Gasteiger partial charge in [0, 0.05) is 18.8 Å². The summed E-state index contributed by atoms with van der Waals surface area (Å²) in [5.41, 5.74) is 2.64. The van der Waals surface area contributed by atoms with Gasteiger partial charge in [0.2, 0.25) is 0 Å². The van der Waals surface area contributed by atoms with Gasteiger partial charge in [-0.15, -0.1) is 0 Å². The zero-order chi connectivity index (χ0) is 13.5. The van der Waals surface area contributed by atoms with E-state index in [2.05, 4.69) is 60.8 Å². The lowest BCUT2D eigenvalue weighted by molar-refractivity contribution is 0.475. The fraction of sp³-hybridized carbons (Fsp3) is 0.438. The van der Waals surface area contributed by atoms with Gasteiger partial charge in [-0.05, 0) is 37.8 Å². The SMILES string of the molecule is Cc1cnn(CCN[C@@H](C)CCc2ccccc2)c1. The second kappa shape index (κ2) is 7.10. The number of hydrogen-bond donors (Lipinski definition) is 1. The van der Waals surface area contributed by atoms with Crippen LogP contribution in [0.15, 0.2) is 42.7 Å². The molecule has 0 bridgehead atoms. The van der Waals surface area contributed by atoms with Gasteiger partial charge in [0.05, 0.1) is 12.7 Å². The molecule has 0 radical (unpaired) electrons. The van der Waals surface area contributed by atoms with E-state index in [1.54, 1.807) is 0 Å². The largest absolute Gasteiger partial charge is 0.312 e. The fourth-order valence-corrected chi connectivity index (χ4v) is 2.14. The number of aromatic nitrogens is 2. The van der Waals surface area contributed by atoms with Crippen LogP contribution < -0.4 is 5.32 Å². The molecular weight excluding hydrogens is 234 g/mol. The molecule has 0 saturated carbocycles. The summed E-state index contributed by atoms with van der Waals surface area (Å²) in [5, 5.41) is 7.83. The van der Waals surface area contributed by atoms with Gasteiger partial charge in [0.1, 0.15) is 0 Å². The fourth-order valence-electron chi connectivity index (χ4n) is 2.14. The predicted octanol–water partition coefficient (Wildman–Crippen LogP) is 2.80. The molecule has 102 valence electrons. The van der Waals surface area contributed by atoms with E-state index >= 15 is 0 Å². The van der Waals surface area contributed by atoms with Crippen LogP contribution in [-0.4, -0.2) is 22.4 Å². The first-order valence-corrected chi connectivity index (χ1v) is 7.00. The first-order chi connectivity index (χ1) is 9.24. The summed E-state index contributed by atoms with van der Waals surface area (Å²) >= 11 is 0. The normalized spacial score (nSPS) is 12.5. The van der Waals surface area contributed by atoms with Crippen molar-refractivity contribution in [1.82, 2.24) is 15.1 Å². The molecule has 1 aromatic heterocycles. The Bertz CT molecular complexity index is 476. The minimum absolute atomic E-state index is 0.539. The van der Waals surface area contributed by atoms with Crippen LogP contribution in [0.1, 0.15) is 24.5 Å². The van der Waals surface area contributed by atoms with Crippen LogP contribution in [0.25, 0.3) is 0 Å². The van der Waals surface area contributed by atoms with Gasteiger partial charge in [-0.25, -0.2) is 0 Å². The van der Waals surface area contributed by atoms with Gasteiger partial charge < -0.3 is 5.32 Å². The average molecular weight is 257 g/mol. The molecule has 0 unspecified atom stereocenters.